The van der Waals surface area contributed by atoms with Gasteiger partial charge in [0.15, 0.2) is 0 Å². The number of rotatable bonds is 4. The van der Waals surface area contributed by atoms with Gasteiger partial charge in [0.2, 0.25) is 0 Å². The van der Waals surface area contributed by atoms with Crippen LogP contribution in [0.5, 0.6) is 0 Å². The van der Waals surface area contributed by atoms with E-state index in [9.17, 15) is 9.50 Å². The zero-order valence-electron chi connectivity index (χ0n) is 12.4. The molecule has 0 bridgehead atoms. The Morgan fingerprint density at radius 3 is 2.59 bits per heavy atom. The average molecular weight is 298 g/mol. The zero-order valence-corrected chi connectivity index (χ0v) is 12.4. The molecule has 0 aliphatic carbocycles. The molecule has 0 unspecified atom stereocenters. The third kappa shape index (κ3) is 2.51. The molecular weight excluding hydrogens is 279 g/mol. The van der Waals surface area contributed by atoms with Crippen LogP contribution in [-0.4, -0.2) is 22.3 Å². The number of aliphatic hydroxyl groups is 1. The fourth-order valence-electron chi connectivity index (χ4n) is 2.97. The smallest absolute Gasteiger partial charge is 0.123 e. The van der Waals surface area contributed by atoms with Gasteiger partial charge in [0.25, 0.3) is 0 Å². The predicted octanol–water partition coefficient (Wildman–Crippen LogP) is 3.00. The van der Waals surface area contributed by atoms with Gasteiger partial charge in [-0.1, -0.05) is 30.3 Å². The van der Waals surface area contributed by atoms with E-state index in [0.717, 1.165) is 22.0 Å². The third-order valence-corrected chi connectivity index (χ3v) is 4.04. The van der Waals surface area contributed by atoms with Crippen molar-refractivity contribution in [1.29, 1.82) is 0 Å². The van der Waals surface area contributed by atoms with Crippen molar-refractivity contribution in [1.82, 2.24) is 4.57 Å². The van der Waals surface area contributed by atoms with E-state index in [1.165, 1.54) is 12.1 Å². The number of aliphatic hydroxyl groups excluding tert-OH is 1. The summed E-state index contributed by atoms with van der Waals surface area (Å²) in [5, 5.41) is 11.3. The lowest BCUT2D eigenvalue weighted by atomic mass is 10.0. The van der Waals surface area contributed by atoms with Gasteiger partial charge in [-0.15, -0.1) is 0 Å². The van der Waals surface area contributed by atoms with Crippen LogP contribution in [0.25, 0.3) is 10.9 Å². The summed E-state index contributed by atoms with van der Waals surface area (Å²) in [5.41, 5.74) is 8.53. The molecule has 0 saturated heterocycles. The molecule has 22 heavy (non-hydrogen) atoms. The minimum absolute atomic E-state index is 0.152. The summed E-state index contributed by atoms with van der Waals surface area (Å²) < 4.78 is 15.5. The second kappa shape index (κ2) is 5.91. The maximum Gasteiger partial charge on any atom is 0.123 e. The molecule has 2 atom stereocenters. The topological polar surface area (TPSA) is 51.2 Å². The van der Waals surface area contributed by atoms with Crippen LogP contribution in [0.1, 0.15) is 17.2 Å². The molecule has 0 spiro atoms. The molecule has 0 fully saturated rings. The first-order valence-corrected chi connectivity index (χ1v) is 7.31. The van der Waals surface area contributed by atoms with Crippen LogP contribution < -0.4 is 5.73 Å². The highest BCUT2D eigenvalue weighted by atomic mass is 19.1. The highest BCUT2D eigenvalue weighted by molar-refractivity contribution is 5.84. The second-order valence-corrected chi connectivity index (χ2v) is 5.54. The Hall–Kier alpha value is -2.17. The lowest BCUT2D eigenvalue weighted by Gasteiger charge is -2.25. The SMILES string of the molecule is Cc1cn([C@@H](c2ccccc2)[C@@H](O)CN)c2ccc(F)cc12. The minimum atomic E-state index is -0.720. The van der Waals surface area contributed by atoms with Gasteiger partial charge in [-0.25, -0.2) is 4.39 Å². The molecule has 114 valence electrons. The third-order valence-electron chi connectivity index (χ3n) is 4.04. The summed E-state index contributed by atoms with van der Waals surface area (Å²) in [7, 11) is 0. The van der Waals surface area contributed by atoms with E-state index in [1.807, 2.05) is 48.0 Å². The number of aromatic nitrogens is 1. The fraction of sp³-hybridized carbons (Fsp3) is 0.222. The van der Waals surface area contributed by atoms with E-state index in [-0.39, 0.29) is 18.4 Å². The molecule has 0 aliphatic rings. The van der Waals surface area contributed by atoms with E-state index in [0.29, 0.717) is 0 Å². The number of benzene rings is 2. The molecule has 0 aliphatic heterocycles. The Bertz CT molecular complexity index is 782. The van der Waals surface area contributed by atoms with Crippen molar-refractivity contribution in [2.75, 3.05) is 6.54 Å². The van der Waals surface area contributed by atoms with Crippen LogP contribution in [0, 0.1) is 12.7 Å². The normalized spacial score (nSPS) is 14.2. The summed E-state index contributed by atoms with van der Waals surface area (Å²) >= 11 is 0. The molecular formula is C18H19FN2O. The van der Waals surface area contributed by atoms with Crippen molar-refractivity contribution >= 4 is 10.9 Å². The lowest BCUT2D eigenvalue weighted by molar-refractivity contribution is 0.140. The Morgan fingerprint density at radius 1 is 1.18 bits per heavy atom. The Labute approximate surface area is 128 Å². The fourth-order valence-corrected chi connectivity index (χ4v) is 2.97. The van der Waals surface area contributed by atoms with Crippen molar-refractivity contribution in [3.8, 4) is 0 Å². The van der Waals surface area contributed by atoms with Crippen LogP contribution in [-0.2, 0) is 0 Å². The molecule has 0 saturated carbocycles. The van der Waals surface area contributed by atoms with Crippen molar-refractivity contribution in [3.63, 3.8) is 0 Å². The monoisotopic (exact) mass is 298 g/mol. The summed E-state index contributed by atoms with van der Waals surface area (Å²) in [6.07, 6.45) is 1.23. The minimum Gasteiger partial charge on any atom is -0.389 e. The van der Waals surface area contributed by atoms with Gasteiger partial charge in [0.05, 0.1) is 12.1 Å². The van der Waals surface area contributed by atoms with Gasteiger partial charge in [-0.05, 0) is 36.2 Å². The molecule has 3 N–H and O–H groups in total. The Balaban J connectivity index is 2.21. The number of nitrogens with zero attached hydrogens (tertiary/aromatic N) is 1. The predicted molar refractivity (Wildman–Crippen MR) is 86.3 cm³/mol. The van der Waals surface area contributed by atoms with E-state index >= 15 is 0 Å². The largest absolute Gasteiger partial charge is 0.389 e. The number of hydrogen-bond donors (Lipinski definition) is 2. The molecule has 0 amide bonds. The zero-order chi connectivity index (χ0) is 15.7. The van der Waals surface area contributed by atoms with Gasteiger partial charge >= 0.3 is 0 Å². The van der Waals surface area contributed by atoms with Crippen molar-refractivity contribution in [2.24, 2.45) is 5.73 Å². The molecule has 1 heterocycles. The van der Waals surface area contributed by atoms with Crippen LogP contribution in [0.2, 0.25) is 0 Å². The number of fused-ring (bicyclic) bond motifs is 1. The first-order chi connectivity index (χ1) is 10.6. The number of halogens is 1. The quantitative estimate of drug-likeness (QED) is 0.778. The van der Waals surface area contributed by atoms with Crippen molar-refractivity contribution in [3.05, 3.63) is 71.7 Å². The maximum atomic E-state index is 13.5. The molecule has 3 nitrogen and oxygen atoms in total. The van der Waals surface area contributed by atoms with Crippen molar-refractivity contribution in [2.45, 2.75) is 19.1 Å². The van der Waals surface area contributed by atoms with Gasteiger partial charge in [-0.3, -0.25) is 0 Å². The first kappa shape index (κ1) is 14.8. The standard InChI is InChI=1S/C18H19FN2O/c1-12-11-21(16-8-7-14(19)9-15(12)16)18(17(22)10-20)13-5-3-2-4-6-13/h2-9,11,17-18,22H,10,20H2,1H3/t17-,18-/m0/s1. The van der Waals surface area contributed by atoms with E-state index in [1.54, 1.807) is 6.07 Å². The first-order valence-electron chi connectivity index (χ1n) is 7.31. The number of nitrogens with two attached hydrogens (primary N) is 1. The summed E-state index contributed by atoms with van der Waals surface area (Å²) in [6, 6.07) is 14.2. The van der Waals surface area contributed by atoms with E-state index < -0.39 is 6.10 Å². The Morgan fingerprint density at radius 2 is 1.91 bits per heavy atom. The van der Waals surface area contributed by atoms with Gasteiger partial charge in [0, 0.05) is 23.6 Å². The average Bonchev–Trinajstić information content (AvgIpc) is 2.85. The summed E-state index contributed by atoms with van der Waals surface area (Å²) in [4.78, 5) is 0. The van der Waals surface area contributed by atoms with Gasteiger partial charge in [-0.2, -0.15) is 0 Å². The molecule has 2 aromatic carbocycles. The van der Waals surface area contributed by atoms with Crippen LogP contribution in [0.3, 0.4) is 0 Å². The molecule has 3 rings (SSSR count). The number of hydrogen-bond acceptors (Lipinski definition) is 2. The second-order valence-electron chi connectivity index (χ2n) is 5.54. The summed E-state index contributed by atoms with van der Waals surface area (Å²) in [6.45, 7) is 2.09. The van der Waals surface area contributed by atoms with E-state index in [2.05, 4.69) is 0 Å². The van der Waals surface area contributed by atoms with Gasteiger partial charge < -0.3 is 15.4 Å². The highest BCUT2D eigenvalue weighted by Crippen LogP contribution is 2.30. The van der Waals surface area contributed by atoms with E-state index in [4.69, 9.17) is 5.73 Å². The van der Waals surface area contributed by atoms with Crippen molar-refractivity contribution < 1.29 is 9.50 Å². The maximum absolute atomic E-state index is 13.5. The molecule has 4 heteroatoms. The van der Waals surface area contributed by atoms with Crippen LogP contribution in [0.4, 0.5) is 4.39 Å². The summed E-state index contributed by atoms with van der Waals surface area (Å²) in [5.74, 6) is -0.260. The molecule has 0 radical (unpaired) electrons. The van der Waals surface area contributed by atoms with Crippen LogP contribution in [0.15, 0.2) is 54.7 Å². The molecule has 1 aromatic heterocycles. The highest BCUT2D eigenvalue weighted by Gasteiger charge is 2.23. The van der Waals surface area contributed by atoms with Gasteiger partial charge in [0.1, 0.15) is 5.82 Å². The Kier molecular flexibility index (Phi) is 3.96. The molecule has 3 aromatic rings. The lowest BCUT2D eigenvalue weighted by Crippen LogP contribution is -2.31. The number of aryl methyl sites for hydroxylation is 1. The van der Waals surface area contributed by atoms with Crippen LogP contribution >= 0.6 is 0 Å².